The number of para-hydroxylation sites is 1. The number of thioether (sulfide) groups is 1. The zero-order valence-electron chi connectivity index (χ0n) is 15.3. The second kappa shape index (κ2) is 8.81. The molecule has 1 aliphatic rings. The first kappa shape index (κ1) is 19.1. The average Bonchev–Trinajstić information content (AvgIpc) is 2.84. The Morgan fingerprint density at radius 3 is 2.81 bits per heavy atom. The van der Waals surface area contributed by atoms with Gasteiger partial charge in [-0.25, -0.2) is 0 Å². The summed E-state index contributed by atoms with van der Waals surface area (Å²) >= 11 is 1.35. The fourth-order valence-corrected chi connectivity index (χ4v) is 3.83. The molecular weight excluding hydrogens is 364 g/mol. The van der Waals surface area contributed by atoms with Gasteiger partial charge in [0.15, 0.2) is 0 Å². The first-order valence-electron chi connectivity index (χ1n) is 8.63. The minimum Gasteiger partial charge on any atom is -0.497 e. The summed E-state index contributed by atoms with van der Waals surface area (Å²) in [5.74, 6) is 1.12. The molecule has 0 bridgehead atoms. The molecule has 2 N–H and O–H groups in total. The summed E-state index contributed by atoms with van der Waals surface area (Å²) in [6, 6.07) is 13.0. The Balaban J connectivity index is 1.57. The molecule has 0 saturated heterocycles. The van der Waals surface area contributed by atoms with Crippen LogP contribution >= 0.6 is 11.8 Å². The number of carbonyl (C=O) groups is 2. The van der Waals surface area contributed by atoms with Crippen LogP contribution < -0.4 is 20.1 Å². The Hall–Kier alpha value is -2.67. The van der Waals surface area contributed by atoms with Crippen molar-refractivity contribution in [1.82, 2.24) is 0 Å². The van der Waals surface area contributed by atoms with E-state index in [1.165, 1.54) is 18.9 Å². The fraction of sp³-hybridized carbons (Fsp3) is 0.300. The van der Waals surface area contributed by atoms with Gasteiger partial charge in [0.25, 0.3) is 0 Å². The van der Waals surface area contributed by atoms with Gasteiger partial charge in [-0.2, -0.15) is 0 Å². The molecule has 142 valence electrons. The minimum atomic E-state index is -0.263. The number of anilines is 2. The lowest BCUT2D eigenvalue weighted by molar-refractivity contribution is -0.115. The van der Waals surface area contributed by atoms with Crippen LogP contribution in [0.2, 0.25) is 0 Å². The summed E-state index contributed by atoms with van der Waals surface area (Å²) in [5.41, 5.74) is 2.56. The Kier molecular flexibility index (Phi) is 6.24. The van der Waals surface area contributed by atoms with Crippen LogP contribution in [-0.2, 0) is 16.0 Å². The third-order valence-corrected chi connectivity index (χ3v) is 5.62. The van der Waals surface area contributed by atoms with Crippen LogP contribution in [-0.4, -0.2) is 37.0 Å². The number of nitrogens with one attached hydrogen (secondary N) is 2. The summed E-state index contributed by atoms with van der Waals surface area (Å²) < 4.78 is 10.4. The molecule has 2 aromatic rings. The van der Waals surface area contributed by atoms with Crippen molar-refractivity contribution >= 4 is 35.0 Å². The van der Waals surface area contributed by atoms with Gasteiger partial charge in [0.1, 0.15) is 11.5 Å². The predicted molar refractivity (Wildman–Crippen MR) is 108 cm³/mol. The molecule has 27 heavy (non-hydrogen) atoms. The van der Waals surface area contributed by atoms with E-state index in [4.69, 9.17) is 9.47 Å². The summed E-state index contributed by atoms with van der Waals surface area (Å²) in [6.07, 6.45) is 1.51. The lowest BCUT2D eigenvalue weighted by atomic mass is 10.1. The Morgan fingerprint density at radius 1 is 1.22 bits per heavy atom. The fourth-order valence-electron chi connectivity index (χ4n) is 2.91. The number of aryl methyl sites for hydroxylation is 1. The third-order valence-electron chi connectivity index (χ3n) is 4.34. The van der Waals surface area contributed by atoms with E-state index in [9.17, 15) is 9.59 Å². The maximum Gasteiger partial charge on any atom is 0.237 e. The number of ether oxygens (including phenoxy) is 2. The van der Waals surface area contributed by atoms with E-state index in [0.717, 1.165) is 17.7 Å². The van der Waals surface area contributed by atoms with Gasteiger partial charge in [-0.15, -0.1) is 11.8 Å². The Bertz CT molecular complexity index is 840. The second-order valence-corrected chi connectivity index (χ2v) is 7.29. The van der Waals surface area contributed by atoms with Gasteiger partial charge >= 0.3 is 0 Å². The molecule has 1 aliphatic heterocycles. The molecule has 0 aromatic heterocycles. The molecule has 3 rings (SSSR count). The van der Waals surface area contributed by atoms with Crippen LogP contribution in [0.15, 0.2) is 42.5 Å². The van der Waals surface area contributed by atoms with Crippen LogP contribution in [0.25, 0.3) is 0 Å². The first-order chi connectivity index (χ1) is 13.1. The van der Waals surface area contributed by atoms with E-state index in [0.29, 0.717) is 23.6 Å². The van der Waals surface area contributed by atoms with Gasteiger partial charge in [0.05, 0.1) is 30.9 Å². The number of hydrogen-bond acceptors (Lipinski definition) is 5. The van der Waals surface area contributed by atoms with E-state index in [2.05, 4.69) is 10.6 Å². The maximum absolute atomic E-state index is 12.4. The minimum absolute atomic E-state index is 0.0558. The molecular formula is C20H22N2O4S. The topological polar surface area (TPSA) is 76.7 Å². The molecule has 0 unspecified atom stereocenters. The van der Waals surface area contributed by atoms with E-state index in [1.54, 1.807) is 25.3 Å². The van der Waals surface area contributed by atoms with Crippen molar-refractivity contribution in [3.05, 3.63) is 48.0 Å². The van der Waals surface area contributed by atoms with Crippen molar-refractivity contribution in [2.75, 3.05) is 30.6 Å². The molecule has 0 spiro atoms. The average molecular weight is 386 g/mol. The van der Waals surface area contributed by atoms with Gasteiger partial charge in [0, 0.05) is 11.8 Å². The zero-order chi connectivity index (χ0) is 19.2. The molecule has 0 fully saturated rings. The molecule has 0 saturated carbocycles. The van der Waals surface area contributed by atoms with Gasteiger partial charge in [-0.1, -0.05) is 18.2 Å². The highest BCUT2D eigenvalue weighted by Gasteiger charge is 2.24. The van der Waals surface area contributed by atoms with Crippen molar-refractivity contribution in [1.29, 1.82) is 0 Å². The number of rotatable bonds is 6. The number of hydrogen-bond donors (Lipinski definition) is 2. The van der Waals surface area contributed by atoms with E-state index in [1.807, 2.05) is 24.3 Å². The number of methoxy groups -OCH3 is 2. The molecule has 2 aromatic carbocycles. The van der Waals surface area contributed by atoms with E-state index >= 15 is 0 Å². The quantitative estimate of drug-likeness (QED) is 0.796. The number of fused-ring (bicyclic) bond motifs is 1. The molecule has 0 aliphatic carbocycles. The summed E-state index contributed by atoms with van der Waals surface area (Å²) in [6.45, 7) is 0. The number of benzene rings is 2. The van der Waals surface area contributed by atoms with Gasteiger partial charge < -0.3 is 20.1 Å². The van der Waals surface area contributed by atoms with Crippen LogP contribution in [0.3, 0.4) is 0 Å². The zero-order valence-corrected chi connectivity index (χ0v) is 16.1. The number of carbonyl (C=O) groups excluding carboxylic acids is 2. The van der Waals surface area contributed by atoms with Crippen molar-refractivity contribution in [2.45, 2.75) is 18.1 Å². The molecule has 1 heterocycles. The van der Waals surface area contributed by atoms with E-state index < -0.39 is 0 Å². The highest BCUT2D eigenvalue weighted by Crippen LogP contribution is 2.30. The van der Waals surface area contributed by atoms with Gasteiger partial charge in [0.2, 0.25) is 11.8 Å². The van der Waals surface area contributed by atoms with Crippen molar-refractivity contribution in [2.24, 2.45) is 0 Å². The van der Waals surface area contributed by atoms with Crippen molar-refractivity contribution < 1.29 is 19.1 Å². The van der Waals surface area contributed by atoms with E-state index in [-0.39, 0.29) is 22.8 Å². The van der Waals surface area contributed by atoms with Crippen molar-refractivity contribution in [3.8, 4) is 11.5 Å². The standard InChI is InChI=1S/C20H22N2O4S/c1-25-14-8-9-16(17(11-14)26-2)21-19(23)12-27-18-10-7-13-5-3-4-6-15(13)22-20(18)24/h3-6,8-9,11,18H,7,10,12H2,1-2H3,(H,21,23)(H,22,24)/t18-/m1/s1. The van der Waals surface area contributed by atoms with Gasteiger partial charge in [-0.05, 0) is 36.6 Å². The summed E-state index contributed by atoms with van der Waals surface area (Å²) in [7, 11) is 3.10. The molecule has 1 atom stereocenters. The second-order valence-electron chi connectivity index (χ2n) is 6.10. The van der Waals surface area contributed by atoms with Crippen molar-refractivity contribution in [3.63, 3.8) is 0 Å². The molecule has 6 nitrogen and oxygen atoms in total. The molecule has 7 heteroatoms. The molecule has 2 amide bonds. The lowest BCUT2D eigenvalue weighted by Crippen LogP contribution is -2.26. The normalized spacial score (nSPS) is 15.9. The highest BCUT2D eigenvalue weighted by atomic mass is 32.2. The largest absolute Gasteiger partial charge is 0.497 e. The van der Waals surface area contributed by atoms with Gasteiger partial charge in [-0.3, -0.25) is 9.59 Å². The monoisotopic (exact) mass is 386 g/mol. The maximum atomic E-state index is 12.4. The Morgan fingerprint density at radius 2 is 2.04 bits per heavy atom. The smallest absolute Gasteiger partial charge is 0.237 e. The molecule has 0 radical (unpaired) electrons. The summed E-state index contributed by atoms with van der Waals surface area (Å²) in [4.78, 5) is 24.8. The highest BCUT2D eigenvalue weighted by molar-refractivity contribution is 8.01. The summed E-state index contributed by atoms with van der Waals surface area (Å²) in [5, 5.41) is 5.52. The third kappa shape index (κ3) is 4.74. The van der Waals surface area contributed by atoms with Crippen LogP contribution in [0, 0.1) is 0 Å². The van der Waals surface area contributed by atoms with Crippen LogP contribution in [0.5, 0.6) is 11.5 Å². The first-order valence-corrected chi connectivity index (χ1v) is 9.68. The van der Waals surface area contributed by atoms with Crippen LogP contribution in [0.4, 0.5) is 11.4 Å². The SMILES string of the molecule is COc1ccc(NC(=O)CS[C@@H]2CCc3ccccc3NC2=O)c(OC)c1. The number of amides is 2. The predicted octanol–water partition coefficient (Wildman–Crippen LogP) is 3.33. The Labute approximate surface area is 162 Å². The van der Waals surface area contributed by atoms with Crippen LogP contribution in [0.1, 0.15) is 12.0 Å². The lowest BCUT2D eigenvalue weighted by Gasteiger charge is -2.14.